The highest BCUT2D eigenvalue weighted by molar-refractivity contribution is 7.08. The second-order valence-electron chi connectivity index (χ2n) is 7.81. The lowest BCUT2D eigenvalue weighted by Crippen LogP contribution is -2.37. The molecule has 5 rings (SSSR count). The lowest BCUT2D eigenvalue weighted by Gasteiger charge is -2.30. The van der Waals surface area contributed by atoms with Gasteiger partial charge in [0.1, 0.15) is 0 Å². The lowest BCUT2D eigenvalue weighted by molar-refractivity contribution is -0.192. The molecule has 1 aliphatic heterocycles. The van der Waals surface area contributed by atoms with Crippen molar-refractivity contribution in [2.75, 3.05) is 13.1 Å². The summed E-state index contributed by atoms with van der Waals surface area (Å²) in [5, 5.41) is 15.7. The van der Waals surface area contributed by atoms with Gasteiger partial charge in [0, 0.05) is 48.5 Å². The number of carbonyl (C=O) groups is 2. The van der Waals surface area contributed by atoms with Crippen LogP contribution in [0, 0.1) is 0 Å². The molecule has 1 aliphatic rings. The van der Waals surface area contributed by atoms with Crippen LogP contribution in [0.25, 0.3) is 16.8 Å². The van der Waals surface area contributed by atoms with E-state index in [0.717, 1.165) is 54.1 Å². The van der Waals surface area contributed by atoms with E-state index in [2.05, 4.69) is 11.1 Å². The van der Waals surface area contributed by atoms with Crippen LogP contribution in [0.15, 0.2) is 59.7 Å². The summed E-state index contributed by atoms with van der Waals surface area (Å²) in [7, 11) is 0. The van der Waals surface area contributed by atoms with E-state index in [0.29, 0.717) is 0 Å². The smallest absolute Gasteiger partial charge is 0.475 e. The Morgan fingerprint density at radius 1 is 1.03 bits per heavy atom. The van der Waals surface area contributed by atoms with E-state index in [-0.39, 0.29) is 11.8 Å². The summed E-state index contributed by atoms with van der Waals surface area (Å²) in [4.78, 5) is 32.1. The summed E-state index contributed by atoms with van der Waals surface area (Å²) in [6.45, 7) is 1.49. The van der Waals surface area contributed by atoms with Crippen molar-refractivity contribution in [2.24, 2.45) is 0 Å². The van der Waals surface area contributed by atoms with Crippen LogP contribution < -0.4 is 0 Å². The zero-order valence-corrected chi connectivity index (χ0v) is 19.0. The molecule has 8 nitrogen and oxygen atoms in total. The Morgan fingerprint density at radius 2 is 1.71 bits per heavy atom. The molecule has 0 radical (unpaired) electrons. The second kappa shape index (κ2) is 10.2. The predicted molar refractivity (Wildman–Crippen MR) is 122 cm³/mol. The summed E-state index contributed by atoms with van der Waals surface area (Å²) >= 11 is 1.56. The number of alkyl halides is 3. The number of halogens is 3. The molecule has 5 heterocycles. The van der Waals surface area contributed by atoms with Gasteiger partial charge >= 0.3 is 12.1 Å². The van der Waals surface area contributed by atoms with Gasteiger partial charge in [0.25, 0.3) is 5.91 Å². The zero-order chi connectivity index (χ0) is 25.0. The van der Waals surface area contributed by atoms with Gasteiger partial charge in [-0.15, -0.1) is 0 Å². The number of carbonyl (C=O) groups excluding carboxylic acids is 1. The van der Waals surface area contributed by atoms with Gasteiger partial charge in [0.05, 0.1) is 5.56 Å². The third-order valence-electron chi connectivity index (χ3n) is 5.52. The Bertz CT molecular complexity index is 1300. The first-order valence-electron chi connectivity index (χ1n) is 10.6. The van der Waals surface area contributed by atoms with Crippen molar-refractivity contribution < 1.29 is 27.9 Å². The van der Waals surface area contributed by atoms with Crippen LogP contribution in [0.5, 0.6) is 0 Å². The van der Waals surface area contributed by atoms with Crippen molar-refractivity contribution in [2.45, 2.75) is 24.9 Å². The van der Waals surface area contributed by atoms with Crippen LogP contribution in [-0.2, 0) is 4.79 Å². The van der Waals surface area contributed by atoms with E-state index in [1.165, 1.54) is 0 Å². The van der Waals surface area contributed by atoms with Crippen LogP contribution in [-0.4, -0.2) is 60.7 Å². The Hall–Kier alpha value is -3.80. The molecule has 12 heteroatoms. The minimum absolute atomic E-state index is 0.129. The third kappa shape index (κ3) is 5.83. The van der Waals surface area contributed by atoms with Crippen LogP contribution >= 0.6 is 11.3 Å². The first-order valence-corrected chi connectivity index (χ1v) is 11.5. The number of aromatic nitrogens is 4. The van der Waals surface area contributed by atoms with Crippen LogP contribution in [0.4, 0.5) is 13.2 Å². The standard InChI is InChI=1S/C21H19N5OS.C2HF3O2/c27-21(18-7-12-28-14-18)25-10-5-16(6-11-25)20-23-19-2-1-17(13-26(19)24-20)15-3-8-22-9-4-15;3-2(4,5)1(6)7/h1-4,7-9,12-14,16H,5-6,10-11H2;(H,6,7). The van der Waals surface area contributed by atoms with Crippen molar-refractivity contribution in [3.63, 3.8) is 0 Å². The summed E-state index contributed by atoms with van der Waals surface area (Å²) in [5.41, 5.74) is 3.83. The molecule has 0 atom stereocenters. The van der Waals surface area contributed by atoms with Crippen molar-refractivity contribution in [3.05, 3.63) is 71.1 Å². The maximum atomic E-state index is 12.5. The van der Waals surface area contributed by atoms with E-state index in [1.807, 2.05) is 50.6 Å². The third-order valence-corrected chi connectivity index (χ3v) is 6.20. The highest BCUT2D eigenvalue weighted by atomic mass is 32.1. The summed E-state index contributed by atoms with van der Waals surface area (Å²) in [6.07, 6.45) is 2.29. The van der Waals surface area contributed by atoms with E-state index < -0.39 is 12.1 Å². The molecule has 0 unspecified atom stereocenters. The second-order valence-corrected chi connectivity index (χ2v) is 8.59. The number of rotatable bonds is 3. The van der Waals surface area contributed by atoms with Gasteiger partial charge in [-0.3, -0.25) is 9.78 Å². The maximum absolute atomic E-state index is 12.5. The first kappa shape index (κ1) is 24.3. The lowest BCUT2D eigenvalue weighted by atomic mass is 9.96. The molecule has 4 aromatic heterocycles. The molecule has 1 amide bonds. The molecule has 4 aromatic rings. The number of aliphatic carboxylic acids is 1. The van der Waals surface area contributed by atoms with Gasteiger partial charge in [-0.2, -0.15) is 29.6 Å². The zero-order valence-electron chi connectivity index (χ0n) is 18.2. The normalized spacial score (nSPS) is 14.4. The van der Waals surface area contributed by atoms with E-state index in [4.69, 9.17) is 20.0 Å². The summed E-state index contributed by atoms with van der Waals surface area (Å²) in [5.74, 6) is -1.47. The maximum Gasteiger partial charge on any atom is 0.490 e. The number of pyridine rings is 2. The molecular weight excluding hydrogens is 483 g/mol. The van der Waals surface area contributed by atoms with Crippen molar-refractivity contribution in [1.82, 2.24) is 24.5 Å². The fourth-order valence-electron chi connectivity index (χ4n) is 3.70. The molecule has 1 saturated heterocycles. The van der Waals surface area contributed by atoms with Crippen LogP contribution in [0.3, 0.4) is 0 Å². The quantitative estimate of drug-likeness (QED) is 0.442. The van der Waals surface area contributed by atoms with Crippen molar-refractivity contribution in [3.8, 4) is 11.1 Å². The molecule has 35 heavy (non-hydrogen) atoms. The number of thiophene rings is 1. The number of carboxylic acid groups (broad SMARTS) is 1. The van der Waals surface area contributed by atoms with Gasteiger partial charge in [0.2, 0.25) is 0 Å². The van der Waals surface area contributed by atoms with Gasteiger partial charge < -0.3 is 10.0 Å². The van der Waals surface area contributed by atoms with Gasteiger partial charge in [-0.1, -0.05) is 0 Å². The SMILES string of the molecule is O=C(O)C(F)(F)F.O=C(c1ccsc1)N1CCC(c2nc3ccc(-c4ccncc4)cn3n2)CC1. The highest BCUT2D eigenvalue weighted by Crippen LogP contribution is 2.28. The fraction of sp³-hybridized carbons (Fsp3) is 0.261. The Kier molecular flexibility index (Phi) is 7.10. The number of hydrogen-bond donors (Lipinski definition) is 1. The molecule has 0 aromatic carbocycles. The fourth-order valence-corrected chi connectivity index (χ4v) is 4.33. The number of hydrogen-bond acceptors (Lipinski definition) is 6. The number of carboxylic acids is 1. The number of amides is 1. The summed E-state index contributed by atoms with van der Waals surface area (Å²) in [6, 6.07) is 9.92. The number of nitrogens with zero attached hydrogens (tertiary/aromatic N) is 5. The number of piperidine rings is 1. The molecule has 0 aliphatic carbocycles. The van der Waals surface area contributed by atoms with E-state index in [1.54, 1.807) is 23.7 Å². The Labute approximate surface area is 201 Å². The Morgan fingerprint density at radius 3 is 2.31 bits per heavy atom. The van der Waals surface area contributed by atoms with Crippen molar-refractivity contribution in [1.29, 1.82) is 0 Å². The van der Waals surface area contributed by atoms with Gasteiger partial charge in [-0.05, 0) is 54.1 Å². The van der Waals surface area contributed by atoms with E-state index >= 15 is 0 Å². The minimum atomic E-state index is -5.08. The van der Waals surface area contributed by atoms with E-state index in [9.17, 15) is 18.0 Å². The topological polar surface area (TPSA) is 101 Å². The predicted octanol–water partition coefficient (Wildman–Crippen LogP) is 4.51. The molecule has 0 bridgehead atoms. The summed E-state index contributed by atoms with van der Waals surface area (Å²) < 4.78 is 33.6. The van der Waals surface area contributed by atoms with Gasteiger partial charge in [-0.25, -0.2) is 14.3 Å². The highest BCUT2D eigenvalue weighted by Gasteiger charge is 2.38. The average Bonchev–Trinajstić information content (AvgIpc) is 3.54. The van der Waals surface area contributed by atoms with Crippen molar-refractivity contribution >= 4 is 28.9 Å². The molecule has 1 N–H and O–H groups in total. The number of fused-ring (bicyclic) bond motifs is 1. The first-order chi connectivity index (χ1) is 16.7. The molecule has 0 saturated carbocycles. The molecular formula is C23H20F3N5O3S. The van der Waals surface area contributed by atoms with Gasteiger partial charge in [0.15, 0.2) is 11.5 Å². The van der Waals surface area contributed by atoms with Crippen LogP contribution in [0.2, 0.25) is 0 Å². The largest absolute Gasteiger partial charge is 0.490 e. The monoisotopic (exact) mass is 503 g/mol. The number of likely N-dealkylation sites (tertiary alicyclic amines) is 1. The molecule has 0 spiro atoms. The average molecular weight is 504 g/mol. The minimum Gasteiger partial charge on any atom is -0.475 e. The van der Waals surface area contributed by atoms with Crippen LogP contribution in [0.1, 0.15) is 34.9 Å². The Balaban J connectivity index is 0.000000364. The molecule has 1 fully saturated rings. The molecule has 182 valence electrons.